The lowest BCUT2D eigenvalue weighted by Crippen LogP contribution is -2.43. The molecule has 0 bridgehead atoms. The third kappa shape index (κ3) is 4.67. The molecular formula is C21H22FN5O2. The smallest absolute Gasteiger partial charge is 0.273 e. The van der Waals surface area contributed by atoms with Gasteiger partial charge in [-0.25, -0.2) is 4.39 Å². The number of nitrogens with zero attached hydrogens (tertiary/aromatic N) is 4. The van der Waals surface area contributed by atoms with Crippen LogP contribution in [0.4, 0.5) is 4.39 Å². The molecule has 1 fully saturated rings. The van der Waals surface area contributed by atoms with Crippen molar-refractivity contribution in [3.63, 3.8) is 0 Å². The van der Waals surface area contributed by atoms with Crippen molar-refractivity contribution < 1.29 is 13.9 Å². The number of morpholine rings is 1. The van der Waals surface area contributed by atoms with Gasteiger partial charge in [-0.2, -0.15) is 9.90 Å². The highest BCUT2D eigenvalue weighted by Gasteiger charge is 2.24. The van der Waals surface area contributed by atoms with E-state index in [0.29, 0.717) is 19.8 Å². The molecule has 8 heteroatoms. The molecule has 0 saturated carbocycles. The van der Waals surface area contributed by atoms with Gasteiger partial charge in [0.15, 0.2) is 5.69 Å². The van der Waals surface area contributed by atoms with Crippen molar-refractivity contribution in [3.8, 4) is 5.69 Å². The molecule has 1 amide bonds. The largest absolute Gasteiger partial charge is 0.379 e. The summed E-state index contributed by atoms with van der Waals surface area (Å²) in [6.45, 7) is 3.15. The summed E-state index contributed by atoms with van der Waals surface area (Å²) in [4.78, 5) is 16.3. The van der Waals surface area contributed by atoms with Crippen molar-refractivity contribution in [1.82, 2.24) is 25.2 Å². The summed E-state index contributed by atoms with van der Waals surface area (Å²) in [5.41, 5.74) is 1.97. The van der Waals surface area contributed by atoms with Crippen molar-refractivity contribution >= 4 is 5.91 Å². The van der Waals surface area contributed by atoms with Crippen LogP contribution in [0.1, 0.15) is 22.1 Å². The quantitative estimate of drug-likeness (QED) is 0.693. The predicted molar refractivity (Wildman–Crippen MR) is 105 cm³/mol. The van der Waals surface area contributed by atoms with Crippen LogP contribution in [0, 0.1) is 5.82 Å². The molecule has 3 aromatic rings. The Morgan fingerprint density at radius 2 is 1.83 bits per heavy atom. The molecule has 4 rings (SSSR count). The van der Waals surface area contributed by atoms with E-state index in [0.717, 1.165) is 24.3 Å². The van der Waals surface area contributed by atoms with Gasteiger partial charge in [-0.3, -0.25) is 9.69 Å². The zero-order valence-corrected chi connectivity index (χ0v) is 15.9. The Balaban J connectivity index is 1.46. The van der Waals surface area contributed by atoms with Crippen LogP contribution in [-0.4, -0.2) is 58.6 Å². The molecular weight excluding hydrogens is 373 g/mol. The molecule has 0 aliphatic carbocycles. The van der Waals surface area contributed by atoms with Crippen LogP contribution in [0.5, 0.6) is 0 Å². The first kappa shape index (κ1) is 19.2. The van der Waals surface area contributed by atoms with Crippen molar-refractivity contribution in [2.45, 2.75) is 6.04 Å². The first-order valence-corrected chi connectivity index (χ1v) is 9.54. The van der Waals surface area contributed by atoms with E-state index in [1.54, 1.807) is 12.1 Å². The predicted octanol–water partition coefficient (Wildman–Crippen LogP) is 2.21. The number of halogens is 1. The summed E-state index contributed by atoms with van der Waals surface area (Å²) in [7, 11) is 0. The first-order valence-electron chi connectivity index (χ1n) is 9.54. The Labute approximate surface area is 168 Å². The van der Waals surface area contributed by atoms with Crippen LogP contribution in [-0.2, 0) is 4.74 Å². The second kappa shape index (κ2) is 8.93. The summed E-state index contributed by atoms with van der Waals surface area (Å²) in [5, 5.41) is 11.4. The molecule has 1 aromatic heterocycles. The number of nitrogens with one attached hydrogen (secondary N) is 1. The van der Waals surface area contributed by atoms with Gasteiger partial charge in [-0.15, -0.1) is 5.10 Å². The van der Waals surface area contributed by atoms with Crippen LogP contribution < -0.4 is 5.32 Å². The summed E-state index contributed by atoms with van der Waals surface area (Å²) in [6, 6.07) is 15.7. The van der Waals surface area contributed by atoms with Gasteiger partial charge in [0.25, 0.3) is 5.91 Å². The number of para-hydroxylation sites is 1. The first-order chi connectivity index (χ1) is 14.2. The molecule has 29 heavy (non-hydrogen) atoms. The highest BCUT2D eigenvalue weighted by atomic mass is 19.1. The molecule has 150 valence electrons. The minimum absolute atomic E-state index is 0.0763. The minimum Gasteiger partial charge on any atom is -0.379 e. The fourth-order valence-corrected chi connectivity index (χ4v) is 3.36. The zero-order valence-electron chi connectivity index (χ0n) is 15.9. The van der Waals surface area contributed by atoms with E-state index >= 15 is 0 Å². The number of hydrogen-bond acceptors (Lipinski definition) is 5. The monoisotopic (exact) mass is 395 g/mol. The molecule has 1 aliphatic heterocycles. The van der Waals surface area contributed by atoms with Crippen LogP contribution >= 0.6 is 0 Å². The van der Waals surface area contributed by atoms with Crippen molar-refractivity contribution in [3.05, 3.63) is 77.9 Å². The van der Waals surface area contributed by atoms with Crippen LogP contribution in [0.25, 0.3) is 5.69 Å². The molecule has 0 radical (unpaired) electrons. The van der Waals surface area contributed by atoms with Crippen LogP contribution in [0.2, 0.25) is 0 Å². The van der Waals surface area contributed by atoms with E-state index in [9.17, 15) is 9.18 Å². The molecule has 2 aromatic carbocycles. The lowest BCUT2D eigenvalue weighted by Gasteiger charge is -2.34. The fraction of sp³-hybridized carbons (Fsp3) is 0.286. The van der Waals surface area contributed by atoms with Crippen molar-refractivity contribution in [1.29, 1.82) is 0 Å². The molecule has 0 unspecified atom stereocenters. The van der Waals surface area contributed by atoms with E-state index < -0.39 is 0 Å². The van der Waals surface area contributed by atoms with E-state index in [1.807, 2.05) is 30.3 Å². The number of carbonyl (C=O) groups is 1. The maximum absolute atomic E-state index is 13.3. The highest BCUT2D eigenvalue weighted by molar-refractivity contribution is 5.91. The summed E-state index contributed by atoms with van der Waals surface area (Å²) >= 11 is 0. The van der Waals surface area contributed by atoms with Crippen LogP contribution in [0.15, 0.2) is 60.8 Å². The molecule has 0 spiro atoms. The van der Waals surface area contributed by atoms with E-state index in [1.165, 1.54) is 23.1 Å². The van der Waals surface area contributed by atoms with Gasteiger partial charge in [0.2, 0.25) is 0 Å². The number of hydrogen-bond donors (Lipinski definition) is 1. The molecule has 1 atom stereocenters. The molecule has 7 nitrogen and oxygen atoms in total. The SMILES string of the molecule is O=C(NC[C@H](c1ccc(F)cc1)N1CCOCC1)c1cnn(-c2ccccc2)n1. The maximum atomic E-state index is 13.3. The summed E-state index contributed by atoms with van der Waals surface area (Å²) < 4.78 is 18.8. The third-order valence-electron chi connectivity index (χ3n) is 4.91. The average Bonchev–Trinajstić information content (AvgIpc) is 3.27. The lowest BCUT2D eigenvalue weighted by molar-refractivity contribution is 0.0162. The van der Waals surface area contributed by atoms with Gasteiger partial charge in [-0.1, -0.05) is 30.3 Å². The fourth-order valence-electron chi connectivity index (χ4n) is 3.36. The molecule has 1 saturated heterocycles. The number of ether oxygens (including phenoxy) is 1. The topological polar surface area (TPSA) is 72.3 Å². The second-order valence-corrected chi connectivity index (χ2v) is 6.78. The summed E-state index contributed by atoms with van der Waals surface area (Å²) in [6.07, 6.45) is 1.45. The minimum atomic E-state index is -0.299. The second-order valence-electron chi connectivity index (χ2n) is 6.78. The maximum Gasteiger partial charge on any atom is 0.273 e. The van der Waals surface area contributed by atoms with Crippen LogP contribution in [0.3, 0.4) is 0 Å². The highest BCUT2D eigenvalue weighted by Crippen LogP contribution is 2.21. The average molecular weight is 395 g/mol. The third-order valence-corrected chi connectivity index (χ3v) is 4.91. The lowest BCUT2D eigenvalue weighted by atomic mass is 10.0. The molecule has 1 N–H and O–H groups in total. The van der Waals surface area contributed by atoms with Crippen molar-refractivity contribution in [2.24, 2.45) is 0 Å². The molecule has 1 aliphatic rings. The Bertz CT molecular complexity index is 939. The van der Waals surface area contributed by atoms with E-state index in [2.05, 4.69) is 20.4 Å². The number of rotatable bonds is 6. The number of aromatic nitrogens is 3. The van der Waals surface area contributed by atoms with Gasteiger partial charge >= 0.3 is 0 Å². The number of benzene rings is 2. The van der Waals surface area contributed by atoms with E-state index in [-0.39, 0.29) is 23.5 Å². The number of carbonyl (C=O) groups excluding carboxylic acids is 1. The van der Waals surface area contributed by atoms with E-state index in [4.69, 9.17) is 4.74 Å². The van der Waals surface area contributed by atoms with Gasteiger partial charge in [-0.05, 0) is 29.8 Å². The van der Waals surface area contributed by atoms with Gasteiger partial charge in [0, 0.05) is 19.6 Å². The Morgan fingerprint density at radius 1 is 1.10 bits per heavy atom. The molecule has 2 heterocycles. The standard InChI is InChI=1S/C21H22FN5O2/c22-17-8-6-16(7-9-17)20(26-10-12-29-13-11-26)15-23-21(28)19-14-24-27(25-19)18-4-2-1-3-5-18/h1-9,14,20H,10-13,15H2,(H,23,28)/t20-/m1/s1. The van der Waals surface area contributed by atoms with Gasteiger partial charge in [0.1, 0.15) is 5.82 Å². The Morgan fingerprint density at radius 3 is 2.55 bits per heavy atom. The Hall–Kier alpha value is -3.10. The van der Waals surface area contributed by atoms with Gasteiger partial charge in [0.05, 0.1) is 31.1 Å². The zero-order chi connectivity index (χ0) is 20.1. The normalized spacial score (nSPS) is 15.8. The summed E-state index contributed by atoms with van der Waals surface area (Å²) in [5.74, 6) is -0.580. The Kier molecular flexibility index (Phi) is 5.92. The van der Waals surface area contributed by atoms with Crippen molar-refractivity contribution in [2.75, 3.05) is 32.8 Å². The van der Waals surface area contributed by atoms with Gasteiger partial charge < -0.3 is 10.1 Å². The number of amides is 1.